The molecule has 32 heavy (non-hydrogen) atoms. The van der Waals surface area contributed by atoms with Crippen LogP contribution in [-0.2, 0) is 9.53 Å². The van der Waals surface area contributed by atoms with E-state index in [0.29, 0.717) is 24.2 Å². The third kappa shape index (κ3) is 4.78. The van der Waals surface area contributed by atoms with Crippen molar-refractivity contribution in [2.24, 2.45) is 35.3 Å². The van der Waals surface area contributed by atoms with Gasteiger partial charge in [-0.2, -0.15) is 0 Å². The average Bonchev–Trinajstić information content (AvgIpc) is 2.77. The number of rotatable bonds is 6. The summed E-state index contributed by atoms with van der Waals surface area (Å²) in [7, 11) is 0. The minimum atomic E-state index is -0.256. The van der Waals surface area contributed by atoms with E-state index < -0.39 is 0 Å². The van der Waals surface area contributed by atoms with Gasteiger partial charge in [-0.15, -0.1) is 0 Å². The minimum Gasteiger partial charge on any atom is -0.465 e. The molecule has 4 rings (SSSR count). The van der Waals surface area contributed by atoms with Crippen LogP contribution in [0.4, 0.5) is 4.39 Å². The van der Waals surface area contributed by atoms with Gasteiger partial charge in [0.1, 0.15) is 11.9 Å². The number of fused-ring (bicyclic) bond motifs is 1. The van der Waals surface area contributed by atoms with Crippen molar-refractivity contribution in [3.05, 3.63) is 60.2 Å². The van der Waals surface area contributed by atoms with Crippen molar-refractivity contribution in [1.29, 1.82) is 0 Å². The molecule has 2 aliphatic rings. The molecule has 2 aromatic rings. The van der Waals surface area contributed by atoms with Crippen molar-refractivity contribution in [2.75, 3.05) is 0 Å². The van der Waals surface area contributed by atoms with Crippen molar-refractivity contribution in [2.45, 2.75) is 51.7 Å². The summed E-state index contributed by atoms with van der Waals surface area (Å²) in [6, 6.07) is 10.6. The quantitative estimate of drug-likeness (QED) is 0.609. The Bertz CT molecular complexity index is 945. The zero-order chi connectivity index (χ0) is 22.7. The Morgan fingerprint density at radius 2 is 2.06 bits per heavy atom. The predicted molar refractivity (Wildman–Crippen MR) is 125 cm³/mol. The van der Waals surface area contributed by atoms with Gasteiger partial charge >= 0.3 is 0 Å². The second-order valence-electron chi connectivity index (χ2n) is 9.58. The highest BCUT2D eigenvalue weighted by Gasteiger charge is 2.47. The molecular weight excluding hydrogens is 403 g/mol. The zero-order valence-corrected chi connectivity index (χ0v) is 18.9. The molecular formula is C27H33FN2O2. The SMILES string of the molecule is CC1CC2CCCC(N)C2C(C=Cc2ccc(-c3cccc(F)c3)cn2)C1C(C)OC=O. The second-order valence-corrected chi connectivity index (χ2v) is 9.58. The molecule has 2 N–H and O–H groups in total. The normalized spacial score (nSPS) is 31.1. The number of benzene rings is 1. The predicted octanol–water partition coefficient (Wildman–Crippen LogP) is 5.48. The zero-order valence-electron chi connectivity index (χ0n) is 18.9. The van der Waals surface area contributed by atoms with Crippen molar-refractivity contribution < 1.29 is 13.9 Å². The Morgan fingerprint density at radius 1 is 1.22 bits per heavy atom. The van der Waals surface area contributed by atoms with Gasteiger partial charge in [-0.3, -0.25) is 9.78 Å². The Kier molecular flexibility index (Phi) is 7.04. The van der Waals surface area contributed by atoms with Crippen LogP contribution in [0.5, 0.6) is 0 Å². The van der Waals surface area contributed by atoms with E-state index >= 15 is 0 Å². The summed E-state index contributed by atoms with van der Waals surface area (Å²) >= 11 is 0. The number of nitrogens with two attached hydrogens (primary N) is 1. The molecule has 2 aliphatic carbocycles. The number of ether oxygens (including phenoxy) is 1. The summed E-state index contributed by atoms with van der Waals surface area (Å²) in [5.41, 5.74) is 9.18. The van der Waals surface area contributed by atoms with E-state index in [1.165, 1.54) is 25.0 Å². The van der Waals surface area contributed by atoms with Gasteiger partial charge in [0.15, 0.2) is 0 Å². The molecule has 1 aromatic heterocycles. The van der Waals surface area contributed by atoms with Crippen LogP contribution in [-0.4, -0.2) is 23.6 Å². The fourth-order valence-corrected chi connectivity index (χ4v) is 6.26. The van der Waals surface area contributed by atoms with E-state index in [2.05, 4.69) is 24.1 Å². The molecule has 0 radical (unpaired) electrons. The fourth-order valence-electron chi connectivity index (χ4n) is 6.26. The van der Waals surface area contributed by atoms with Crippen molar-refractivity contribution >= 4 is 12.5 Å². The van der Waals surface area contributed by atoms with Crippen molar-refractivity contribution in [1.82, 2.24) is 4.98 Å². The van der Waals surface area contributed by atoms with Gasteiger partial charge in [0.25, 0.3) is 6.47 Å². The lowest BCUT2D eigenvalue weighted by Gasteiger charge is -2.51. The van der Waals surface area contributed by atoms with Gasteiger partial charge in [-0.25, -0.2) is 4.39 Å². The summed E-state index contributed by atoms with van der Waals surface area (Å²) in [6.07, 6.45) is 10.5. The lowest BCUT2D eigenvalue weighted by Crippen LogP contribution is -2.52. The van der Waals surface area contributed by atoms with E-state index in [-0.39, 0.29) is 29.8 Å². The van der Waals surface area contributed by atoms with Gasteiger partial charge in [0.2, 0.25) is 0 Å². The molecule has 7 unspecified atom stereocenters. The number of nitrogens with zero attached hydrogens (tertiary/aromatic N) is 1. The number of hydrogen-bond acceptors (Lipinski definition) is 4. The topological polar surface area (TPSA) is 65.2 Å². The molecule has 0 amide bonds. The molecule has 1 heterocycles. The van der Waals surface area contributed by atoms with E-state index in [4.69, 9.17) is 10.5 Å². The van der Waals surface area contributed by atoms with Crippen LogP contribution in [0.3, 0.4) is 0 Å². The molecule has 2 fully saturated rings. The van der Waals surface area contributed by atoms with Crippen LogP contribution in [0.25, 0.3) is 17.2 Å². The summed E-state index contributed by atoms with van der Waals surface area (Å²) in [5, 5.41) is 0. The number of carbonyl (C=O) groups excluding carboxylic acids is 1. The first-order chi connectivity index (χ1) is 15.5. The first-order valence-electron chi connectivity index (χ1n) is 11.7. The minimum absolute atomic E-state index is 0.157. The molecule has 0 aliphatic heterocycles. The Balaban J connectivity index is 1.59. The van der Waals surface area contributed by atoms with Gasteiger partial charge in [0.05, 0.1) is 5.69 Å². The number of allylic oxidation sites excluding steroid dienone is 1. The molecule has 4 nitrogen and oxygen atoms in total. The van der Waals surface area contributed by atoms with Gasteiger partial charge < -0.3 is 10.5 Å². The number of hydrogen-bond donors (Lipinski definition) is 1. The fraction of sp³-hybridized carbons (Fsp3) is 0.481. The van der Waals surface area contributed by atoms with Crippen LogP contribution < -0.4 is 5.73 Å². The van der Waals surface area contributed by atoms with E-state index in [0.717, 1.165) is 29.7 Å². The van der Waals surface area contributed by atoms with Crippen LogP contribution >= 0.6 is 0 Å². The van der Waals surface area contributed by atoms with Crippen LogP contribution in [0.2, 0.25) is 0 Å². The molecule has 0 bridgehead atoms. The van der Waals surface area contributed by atoms with Crippen molar-refractivity contribution in [3.8, 4) is 11.1 Å². The lowest BCUT2D eigenvalue weighted by molar-refractivity contribution is -0.140. The van der Waals surface area contributed by atoms with Crippen LogP contribution in [0.15, 0.2) is 48.7 Å². The lowest BCUT2D eigenvalue weighted by atomic mass is 9.56. The smallest absolute Gasteiger partial charge is 0.293 e. The summed E-state index contributed by atoms with van der Waals surface area (Å²) in [5.74, 6) is 1.67. The molecule has 7 atom stereocenters. The highest BCUT2D eigenvalue weighted by atomic mass is 19.1. The molecule has 1 aromatic carbocycles. The monoisotopic (exact) mass is 436 g/mol. The largest absolute Gasteiger partial charge is 0.465 e. The molecule has 5 heteroatoms. The molecule has 170 valence electrons. The Morgan fingerprint density at radius 3 is 2.78 bits per heavy atom. The van der Waals surface area contributed by atoms with E-state index in [1.807, 2.05) is 25.1 Å². The van der Waals surface area contributed by atoms with Gasteiger partial charge in [0, 0.05) is 23.7 Å². The number of halogens is 1. The molecule has 2 saturated carbocycles. The number of pyridine rings is 1. The first kappa shape index (κ1) is 22.7. The van der Waals surface area contributed by atoms with E-state index in [1.54, 1.807) is 12.3 Å². The van der Waals surface area contributed by atoms with Gasteiger partial charge in [-0.1, -0.05) is 44.0 Å². The third-order valence-corrected chi connectivity index (χ3v) is 7.62. The van der Waals surface area contributed by atoms with E-state index in [9.17, 15) is 9.18 Å². The number of carbonyl (C=O) groups is 1. The Labute approximate surface area is 190 Å². The highest BCUT2D eigenvalue weighted by molar-refractivity contribution is 5.63. The maximum atomic E-state index is 13.5. The highest BCUT2D eigenvalue weighted by Crippen LogP contribution is 2.50. The average molecular weight is 437 g/mol. The summed E-state index contributed by atoms with van der Waals surface area (Å²) in [4.78, 5) is 15.7. The Hall–Kier alpha value is -2.53. The van der Waals surface area contributed by atoms with Crippen LogP contribution in [0, 0.1) is 35.4 Å². The third-order valence-electron chi connectivity index (χ3n) is 7.62. The first-order valence-corrected chi connectivity index (χ1v) is 11.7. The maximum Gasteiger partial charge on any atom is 0.293 e. The second kappa shape index (κ2) is 9.95. The molecule has 0 saturated heterocycles. The summed E-state index contributed by atoms with van der Waals surface area (Å²) < 4.78 is 19.0. The van der Waals surface area contributed by atoms with Crippen LogP contribution in [0.1, 0.15) is 45.2 Å². The van der Waals surface area contributed by atoms with Crippen molar-refractivity contribution in [3.63, 3.8) is 0 Å². The maximum absolute atomic E-state index is 13.5. The van der Waals surface area contributed by atoms with Gasteiger partial charge in [-0.05, 0) is 73.3 Å². The molecule has 0 spiro atoms. The summed E-state index contributed by atoms with van der Waals surface area (Å²) in [6.45, 7) is 4.84. The number of aromatic nitrogens is 1. The standard InChI is InChI=1S/C27H33FN2O2/c1-17-13-20-6-4-8-25(29)27(20)24(26(17)18(2)32-16-31)12-11-23-10-9-21(15-30-23)19-5-3-7-22(28)14-19/h3,5,7,9-12,14-18,20,24-27H,4,6,8,13,29H2,1-2H3.